The second kappa shape index (κ2) is 7.05. The van der Waals surface area contributed by atoms with Crippen LogP contribution in [0, 0.1) is 0 Å². The molecule has 3 aromatic rings. The van der Waals surface area contributed by atoms with E-state index >= 15 is 0 Å². The Morgan fingerprint density at radius 2 is 1.77 bits per heavy atom. The fraction of sp³-hybridized carbons (Fsp3) is 0.263. The van der Waals surface area contributed by atoms with Gasteiger partial charge in [-0.1, -0.05) is 0 Å². The summed E-state index contributed by atoms with van der Waals surface area (Å²) in [6, 6.07) is 7.55. The first kappa shape index (κ1) is 16.4. The Morgan fingerprint density at radius 1 is 1.00 bits per heavy atom. The lowest BCUT2D eigenvalue weighted by Gasteiger charge is -2.32. The van der Waals surface area contributed by atoms with Crippen molar-refractivity contribution in [3.8, 4) is 16.9 Å². The minimum atomic E-state index is 0.0883. The van der Waals surface area contributed by atoms with Crippen LogP contribution in [-0.2, 0) is 0 Å². The number of piperazine rings is 1. The fourth-order valence-corrected chi connectivity index (χ4v) is 2.99. The van der Waals surface area contributed by atoms with Crippen molar-refractivity contribution in [1.82, 2.24) is 29.5 Å². The van der Waals surface area contributed by atoms with Crippen LogP contribution < -0.4 is 0 Å². The van der Waals surface area contributed by atoms with E-state index in [0.717, 1.165) is 43.1 Å². The quantitative estimate of drug-likeness (QED) is 0.721. The Hall–Kier alpha value is -3.06. The predicted molar refractivity (Wildman–Crippen MR) is 98.0 cm³/mol. The molecular weight excluding hydrogens is 328 g/mol. The summed E-state index contributed by atoms with van der Waals surface area (Å²) in [7, 11) is 2.08. The van der Waals surface area contributed by atoms with E-state index in [4.69, 9.17) is 0 Å². The molecule has 2 aromatic heterocycles. The maximum Gasteiger partial charge on any atom is 0.253 e. The van der Waals surface area contributed by atoms with Crippen molar-refractivity contribution < 1.29 is 4.79 Å². The van der Waals surface area contributed by atoms with Gasteiger partial charge in [-0.3, -0.25) is 14.8 Å². The van der Waals surface area contributed by atoms with Crippen molar-refractivity contribution >= 4 is 5.91 Å². The third kappa shape index (κ3) is 3.34. The average Bonchev–Trinajstić information content (AvgIpc) is 3.19. The van der Waals surface area contributed by atoms with E-state index in [0.29, 0.717) is 5.56 Å². The number of likely N-dealkylation sites (N-methyl/N-ethyl adjacent to an activating group) is 1. The number of hydrogen-bond acceptors (Lipinski definition) is 5. The second-order valence-corrected chi connectivity index (χ2v) is 6.41. The van der Waals surface area contributed by atoms with Gasteiger partial charge in [-0.25, -0.2) is 4.68 Å². The molecule has 1 aliphatic heterocycles. The minimum Gasteiger partial charge on any atom is -0.336 e. The van der Waals surface area contributed by atoms with Crippen molar-refractivity contribution in [3.63, 3.8) is 0 Å². The zero-order chi connectivity index (χ0) is 17.9. The van der Waals surface area contributed by atoms with Gasteiger partial charge in [-0.05, 0) is 31.3 Å². The average molecular weight is 348 g/mol. The first-order valence-corrected chi connectivity index (χ1v) is 8.60. The first-order valence-electron chi connectivity index (χ1n) is 8.60. The Balaban J connectivity index is 1.50. The smallest absolute Gasteiger partial charge is 0.253 e. The lowest BCUT2D eigenvalue weighted by molar-refractivity contribution is 0.0664. The Kier molecular flexibility index (Phi) is 4.45. The highest BCUT2D eigenvalue weighted by Crippen LogP contribution is 2.18. The Labute approximate surface area is 151 Å². The lowest BCUT2D eigenvalue weighted by Crippen LogP contribution is -2.47. The van der Waals surface area contributed by atoms with E-state index < -0.39 is 0 Å². The number of amides is 1. The van der Waals surface area contributed by atoms with Crippen LogP contribution in [0.2, 0.25) is 0 Å². The Bertz CT molecular complexity index is 882. The number of carbonyl (C=O) groups excluding carboxylic acids is 1. The van der Waals surface area contributed by atoms with Gasteiger partial charge in [0.05, 0.1) is 23.8 Å². The minimum absolute atomic E-state index is 0.0883. The van der Waals surface area contributed by atoms with Crippen molar-refractivity contribution in [2.45, 2.75) is 0 Å². The zero-order valence-electron chi connectivity index (χ0n) is 14.6. The van der Waals surface area contributed by atoms with Crippen molar-refractivity contribution in [1.29, 1.82) is 0 Å². The number of aromatic nitrogens is 4. The van der Waals surface area contributed by atoms with Crippen molar-refractivity contribution in [2.75, 3.05) is 33.2 Å². The summed E-state index contributed by atoms with van der Waals surface area (Å²) < 4.78 is 1.77. The predicted octanol–water partition coefficient (Wildman–Crippen LogP) is 1.72. The second-order valence-electron chi connectivity index (χ2n) is 6.41. The summed E-state index contributed by atoms with van der Waals surface area (Å²) in [5.41, 5.74) is 3.28. The maximum atomic E-state index is 12.6. The summed E-state index contributed by atoms with van der Waals surface area (Å²) in [6.07, 6.45) is 8.67. The van der Waals surface area contributed by atoms with Gasteiger partial charge in [0.25, 0.3) is 5.91 Å². The number of nitrogens with zero attached hydrogens (tertiary/aromatic N) is 6. The highest BCUT2D eigenvalue weighted by molar-refractivity contribution is 5.94. The summed E-state index contributed by atoms with van der Waals surface area (Å²) in [5, 5.41) is 4.38. The van der Waals surface area contributed by atoms with Crippen LogP contribution in [0.1, 0.15) is 10.4 Å². The van der Waals surface area contributed by atoms with E-state index in [2.05, 4.69) is 27.0 Å². The lowest BCUT2D eigenvalue weighted by atomic mass is 10.1. The SMILES string of the molecule is CN1CCN(C(=O)c2ccc(-n3cc(-c4cnccn4)cn3)cc2)CC1. The summed E-state index contributed by atoms with van der Waals surface area (Å²) in [4.78, 5) is 25.1. The Morgan fingerprint density at radius 3 is 2.46 bits per heavy atom. The van der Waals surface area contributed by atoms with E-state index in [1.807, 2.05) is 35.4 Å². The molecular formula is C19H20N6O. The number of rotatable bonds is 3. The molecule has 26 heavy (non-hydrogen) atoms. The molecule has 0 aliphatic carbocycles. The van der Waals surface area contributed by atoms with Crippen LogP contribution in [0.3, 0.4) is 0 Å². The van der Waals surface area contributed by atoms with Gasteiger partial charge in [0.1, 0.15) is 0 Å². The molecule has 0 atom stereocenters. The summed E-state index contributed by atoms with van der Waals surface area (Å²) in [5.74, 6) is 0.0883. The highest BCUT2D eigenvalue weighted by atomic mass is 16.2. The molecule has 1 saturated heterocycles. The van der Waals surface area contributed by atoms with Crippen LogP contribution in [0.4, 0.5) is 0 Å². The van der Waals surface area contributed by atoms with Gasteiger partial charge >= 0.3 is 0 Å². The molecule has 0 unspecified atom stereocenters. The maximum absolute atomic E-state index is 12.6. The van der Waals surface area contributed by atoms with Crippen LogP contribution in [-0.4, -0.2) is 68.7 Å². The van der Waals surface area contributed by atoms with Crippen molar-refractivity contribution in [3.05, 3.63) is 60.8 Å². The standard InChI is InChI=1S/C19H20N6O/c1-23-8-10-24(11-9-23)19(26)15-2-4-17(5-3-15)25-14-16(12-22-25)18-13-20-6-7-21-18/h2-7,12-14H,8-11H2,1H3. The fourth-order valence-electron chi connectivity index (χ4n) is 2.99. The van der Waals surface area contributed by atoms with Gasteiger partial charge in [-0.15, -0.1) is 0 Å². The van der Waals surface area contributed by atoms with Gasteiger partial charge in [0.15, 0.2) is 0 Å². The molecule has 1 fully saturated rings. The van der Waals surface area contributed by atoms with Gasteiger partial charge < -0.3 is 9.80 Å². The van der Waals surface area contributed by atoms with Crippen LogP contribution in [0.5, 0.6) is 0 Å². The third-order valence-corrected chi connectivity index (χ3v) is 4.61. The molecule has 0 radical (unpaired) electrons. The van der Waals surface area contributed by atoms with Crippen LogP contribution in [0.25, 0.3) is 16.9 Å². The molecule has 3 heterocycles. The number of benzene rings is 1. The molecule has 0 bridgehead atoms. The third-order valence-electron chi connectivity index (χ3n) is 4.61. The van der Waals surface area contributed by atoms with Crippen molar-refractivity contribution in [2.24, 2.45) is 0 Å². The van der Waals surface area contributed by atoms with Crippen LogP contribution >= 0.6 is 0 Å². The zero-order valence-corrected chi connectivity index (χ0v) is 14.6. The first-order chi connectivity index (χ1) is 12.7. The molecule has 0 saturated carbocycles. The molecule has 4 rings (SSSR count). The van der Waals surface area contributed by atoms with Gasteiger partial charge in [-0.2, -0.15) is 5.10 Å². The summed E-state index contributed by atoms with van der Waals surface area (Å²) in [6.45, 7) is 3.39. The van der Waals surface area contributed by atoms with E-state index in [1.54, 1.807) is 29.5 Å². The molecule has 0 spiro atoms. The molecule has 7 heteroatoms. The molecule has 1 amide bonds. The normalized spacial score (nSPS) is 15.2. The number of carbonyl (C=O) groups is 1. The topological polar surface area (TPSA) is 67.2 Å². The molecule has 7 nitrogen and oxygen atoms in total. The van der Waals surface area contributed by atoms with E-state index in [-0.39, 0.29) is 5.91 Å². The highest BCUT2D eigenvalue weighted by Gasteiger charge is 2.20. The van der Waals surface area contributed by atoms with Crippen LogP contribution in [0.15, 0.2) is 55.2 Å². The molecule has 132 valence electrons. The molecule has 1 aromatic carbocycles. The largest absolute Gasteiger partial charge is 0.336 e. The monoisotopic (exact) mass is 348 g/mol. The summed E-state index contributed by atoms with van der Waals surface area (Å²) >= 11 is 0. The van der Waals surface area contributed by atoms with E-state index in [1.165, 1.54) is 0 Å². The molecule has 1 aliphatic rings. The van der Waals surface area contributed by atoms with Gasteiger partial charge in [0.2, 0.25) is 0 Å². The van der Waals surface area contributed by atoms with Gasteiger partial charge in [0, 0.05) is 55.9 Å². The number of hydrogen-bond donors (Lipinski definition) is 0. The van der Waals surface area contributed by atoms with E-state index in [9.17, 15) is 4.79 Å². The molecule has 0 N–H and O–H groups in total.